The third-order valence-electron chi connectivity index (χ3n) is 4.91. The van der Waals surface area contributed by atoms with E-state index in [-0.39, 0.29) is 5.97 Å². The molecule has 0 bridgehead atoms. The Morgan fingerprint density at radius 3 is 2.74 bits per heavy atom. The predicted molar refractivity (Wildman–Crippen MR) is 129 cm³/mol. The summed E-state index contributed by atoms with van der Waals surface area (Å²) in [5.74, 6) is -0.330. The molecule has 0 fully saturated rings. The van der Waals surface area contributed by atoms with Gasteiger partial charge in [-0.2, -0.15) is 5.10 Å². The molecular formula is C23H21BrClN3O2S. The van der Waals surface area contributed by atoms with Crippen molar-refractivity contribution in [1.29, 1.82) is 0 Å². The predicted octanol–water partition coefficient (Wildman–Crippen LogP) is 6.90. The lowest BCUT2D eigenvalue weighted by atomic mass is 10.2. The van der Waals surface area contributed by atoms with E-state index in [1.165, 1.54) is 0 Å². The van der Waals surface area contributed by atoms with Gasteiger partial charge in [0.05, 0.1) is 29.6 Å². The highest BCUT2D eigenvalue weighted by atomic mass is 79.9. The molecule has 0 aliphatic rings. The zero-order chi connectivity index (χ0) is 22.1. The maximum absolute atomic E-state index is 12.3. The summed E-state index contributed by atoms with van der Waals surface area (Å²) in [7, 11) is 0. The Balaban J connectivity index is 1.84. The Hall–Kier alpha value is -2.22. The van der Waals surface area contributed by atoms with E-state index in [0.717, 1.165) is 43.1 Å². The number of nitrogens with zero attached hydrogens (tertiary/aromatic N) is 3. The van der Waals surface area contributed by atoms with Gasteiger partial charge in [0.2, 0.25) is 0 Å². The molecule has 31 heavy (non-hydrogen) atoms. The van der Waals surface area contributed by atoms with Gasteiger partial charge < -0.3 is 9.30 Å². The number of aromatic nitrogens is 3. The van der Waals surface area contributed by atoms with E-state index in [9.17, 15) is 4.79 Å². The van der Waals surface area contributed by atoms with Crippen LogP contribution in [-0.4, -0.2) is 26.9 Å². The van der Waals surface area contributed by atoms with E-state index >= 15 is 0 Å². The van der Waals surface area contributed by atoms with Crippen LogP contribution in [0.15, 0.2) is 63.1 Å². The molecule has 0 aliphatic heterocycles. The van der Waals surface area contributed by atoms with Gasteiger partial charge in [0.1, 0.15) is 0 Å². The van der Waals surface area contributed by atoms with Crippen LogP contribution in [0, 0.1) is 6.92 Å². The van der Waals surface area contributed by atoms with Crippen molar-refractivity contribution in [2.24, 2.45) is 0 Å². The minimum absolute atomic E-state index is 0.330. The highest BCUT2D eigenvalue weighted by Crippen LogP contribution is 2.41. The first-order chi connectivity index (χ1) is 14.9. The number of hydrogen-bond donors (Lipinski definition) is 0. The second-order valence-electron chi connectivity index (χ2n) is 6.96. The van der Waals surface area contributed by atoms with Crippen LogP contribution in [-0.2, 0) is 11.3 Å². The standard InChI is InChI=1S/C23H21BrClN3O2S/c1-4-27-13-18(12-26-27)28-14(3)22(20-7-6-17(25)11-21(20)28)31-19-9-15(8-16(24)10-19)23(29)30-5-2/h6-13H,4-5H2,1-3H3. The molecule has 0 spiro atoms. The Kier molecular flexibility index (Phi) is 6.46. The molecule has 0 atom stereocenters. The summed E-state index contributed by atoms with van der Waals surface area (Å²) in [6, 6.07) is 11.6. The minimum Gasteiger partial charge on any atom is -0.462 e. The Labute approximate surface area is 198 Å². The number of carbonyl (C=O) groups excluding carboxylic acids is 1. The van der Waals surface area contributed by atoms with E-state index in [2.05, 4.69) is 39.4 Å². The summed E-state index contributed by atoms with van der Waals surface area (Å²) >= 11 is 11.5. The molecule has 0 saturated carbocycles. The Morgan fingerprint density at radius 1 is 1.23 bits per heavy atom. The number of hydrogen-bond acceptors (Lipinski definition) is 4. The van der Waals surface area contributed by atoms with E-state index < -0.39 is 0 Å². The quantitative estimate of drug-likeness (QED) is 0.261. The van der Waals surface area contributed by atoms with E-state index in [1.54, 1.807) is 24.8 Å². The number of carbonyl (C=O) groups is 1. The first-order valence-corrected chi connectivity index (χ1v) is 11.9. The van der Waals surface area contributed by atoms with Crippen LogP contribution < -0.4 is 0 Å². The van der Waals surface area contributed by atoms with Gasteiger partial charge in [-0.1, -0.05) is 45.4 Å². The van der Waals surface area contributed by atoms with Gasteiger partial charge in [-0.05, 0) is 51.1 Å². The Bertz CT molecular complexity index is 1280. The summed E-state index contributed by atoms with van der Waals surface area (Å²) in [5, 5.41) is 6.20. The van der Waals surface area contributed by atoms with Crippen LogP contribution >= 0.6 is 39.3 Å². The summed E-state index contributed by atoms with van der Waals surface area (Å²) in [6.45, 7) is 7.09. The SMILES string of the molecule is CCOC(=O)c1cc(Br)cc(Sc2c(C)n(-c3cnn(CC)c3)c3cc(Cl)ccc23)c1. The molecule has 0 aliphatic carbocycles. The molecular weight excluding hydrogens is 498 g/mol. The van der Waals surface area contributed by atoms with Gasteiger partial charge >= 0.3 is 5.97 Å². The number of ether oxygens (including phenoxy) is 1. The zero-order valence-electron chi connectivity index (χ0n) is 17.4. The van der Waals surface area contributed by atoms with Crippen LogP contribution in [0.5, 0.6) is 0 Å². The molecule has 160 valence electrons. The highest BCUT2D eigenvalue weighted by Gasteiger charge is 2.19. The van der Waals surface area contributed by atoms with Crippen LogP contribution in [0.1, 0.15) is 29.9 Å². The van der Waals surface area contributed by atoms with Crippen LogP contribution in [0.4, 0.5) is 0 Å². The van der Waals surface area contributed by atoms with Gasteiger partial charge in [-0.3, -0.25) is 4.68 Å². The number of benzene rings is 2. The molecule has 0 saturated heterocycles. The number of halogens is 2. The van der Waals surface area contributed by atoms with Crippen molar-refractivity contribution in [3.8, 4) is 5.69 Å². The third kappa shape index (κ3) is 4.40. The summed E-state index contributed by atoms with van der Waals surface area (Å²) in [6.07, 6.45) is 3.89. The average Bonchev–Trinajstić information content (AvgIpc) is 3.30. The fraction of sp³-hybridized carbons (Fsp3) is 0.217. The smallest absolute Gasteiger partial charge is 0.338 e. The summed E-state index contributed by atoms with van der Waals surface area (Å²) < 4.78 is 10.1. The normalized spacial score (nSPS) is 11.3. The molecule has 0 radical (unpaired) electrons. The summed E-state index contributed by atoms with van der Waals surface area (Å²) in [4.78, 5) is 14.3. The number of aryl methyl sites for hydroxylation is 1. The second kappa shape index (κ2) is 9.10. The van der Waals surface area contributed by atoms with Crippen molar-refractivity contribution in [3.05, 3.63) is 69.5 Å². The van der Waals surface area contributed by atoms with Crippen molar-refractivity contribution in [1.82, 2.24) is 14.3 Å². The van der Waals surface area contributed by atoms with Gasteiger partial charge in [0.25, 0.3) is 0 Å². The van der Waals surface area contributed by atoms with Gasteiger partial charge in [-0.15, -0.1) is 0 Å². The average molecular weight is 519 g/mol. The first kappa shape index (κ1) is 22.0. The van der Waals surface area contributed by atoms with Gasteiger partial charge in [0, 0.05) is 43.1 Å². The largest absolute Gasteiger partial charge is 0.462 e. The Morgan fingerprint density at radius 2 is 2.03 bits per heavy atom. The molecule has 2 aromatic carbocycles. The molecule has 2 aromatic heterocycles. The maximum atomic E-state index is 12.3. The second-order valence-corrected chi connectivity index (χ2v) is 9.40. The van der Waals surface area contributed by atoms with Crippen molar-refractivity contribution >= 4 is 56.2 Å². The molecule has 4 rings (SSSR count). The van der Waals surface area contributed by atoms with Crippen molar-refractivity contribution < 1.29 is 9.53 Å². The maximum Gasteiger partial charge on any atom is 0.338 e. The lowest BCUT2D eigenvalue weighted by Gasteiger charge is -2.08. The molecule has 8 heteroatoms. The molecule has 0 unspecified atom stereocenters. The monoisotopic (exact) mass is 517 g/mol. The molecule has 2 heterocycles. The molecule has 4 aromatic rings. The minimum atomic E-state index is -0.330. The topological polar surface area (TPSA) is 49.1 Å². The van der Waals surface area contributed by atoms with Crippen molar-refractivity contribution in [3.63, 3.8) is 0 Å². The van der Waals surface area contributed by atoms with Crippen LogP contribution in [0.2, 0.25) is 5.02 Å². The number of rotatable bonds is 6. The number of esters is 1. The first-order valence-electron chi connectivity index (χ1n) is 9.90. The van der Waals surface area contributed by atoms with Crippen LogP contribution in [0.25, 0.3) is 16.6 Å². The summed E-state index contributed by atoms with van der Waals surface area (Å²) in [5.41, 5.74) is 3.60. The lowest BCUT2D eigenvalue weighted by molar-refractivity contribution is 0.0526. The molecule has 0 amide bonds. The molecule has 0 N–H and O–H groups in total. The van der Waals surface area contributed by atoms with Crippen molar-refractivity contribution in [2.45, 2.75) is 37.1 Å². The van der Waals surface area contributed by atoms with Gasteiger partial charge in [0.15, 0.2) is 0 Å². The fourth-order valence-electron chi connectivity index (χ4n) is 3.53. The fourth-order valence-corrected chi connectivity index (χ4v) is 5.47. The van der Waals surface area contributed by atoms with E-state index in [1.807, 2.05) is 47.4 Å². The third-order valence-corrected chi connectivity index (χ3v) is 6.80. The number of fused-ring (bicyclic) bond motifs is 1. The van der Waals surface area contributed by atoms with Crippen LogP contribution in [0.3, 0.4) is 0 Å². The van der Waals surface area contributed by atoms with E-state index in [0.29, 0.717) is 17.2 Å². The van der Waals surface area contributed by atoms with Gasteiger partial charge in [-0.25, -0.2) is 4.79 Å². The van der Waals surface area contributed by atoms with Crippen molar-refractivity contribution in [2.75, 3.05) is 6.61 Å². The zero-order valence-corrected chi connectivity index (χ0v) is 20.5. The lowest BCUT2D eigenvalue weighted by Crippen LogP contribution is -2.04. The van der Waals surface area contributed by atoms with E-state index in [4.69, 9.17) is 16.3 Å². The molecule has 5 nitrogen and oxygen atoms in total. The highest BCUT2D eigenvalue weighted by molar-refractivity contribution is 9.10.